The van der Waals surface area contributed by atoms with Crippen LogP contribution in [0, 0.1) is 13.8 Å². The summed E-state index contributed by atoms with van der Waals surface area (Å²) in [4.78, 5) is 0. The first-order valence-electron chi connectivity index (χ1n) is 6.32. The van der Waals surface area contributed by atoms with E-state index in [2.05, 4.69) is 0 Å². The average molecular weight is 315 g/mol. The lowest BCUT2D eigenvalue weighted by Gasteiger charge is -2.15. The van der Waals surface area contributed by atoms with Gasteiger partial charge in [0.2, 0.25) is 0 Å². The molecule has 0 radical (unpaired) electrons. The Kier molecular flexibility index (Phi) is 4.47. The van der Waals surface area contributed by atoms with Crippen molar-refractivity contribution in [3.8, 4) is 11.5 Å². The summed E-state index contributed by atoms with van der Waals surface area (Å²) in [5.74, 6) is 0.186. The Morgan fingerprint density at radius 2 is 1.62 bits per heavy atom. The smallest absolute Gasteiger partial charge is 0.419 e. The number of aryl methyl sites for hydroxylation is 2. The van der Waals surface area contributed by atoms with Gasteiger partial charge in [-0.15, -0.1) is 11.6 Å². The van der Waals surface area contributed by atoms with Crippen LogP contribution < -0.4 is 4.74 Å². The first-order valence-corrected chi connectivity index (χ1v) is 6.85. The van der Waals surface area contributed by atoms with E-state index in [1.807, 2.05) is 19.9 Å². The van der Waals surface area contributed by atoms with Crippen LogP contribution in [0.25, 0.3) is 0 Å². The molecule has 1 nitrogen and oxygen atoms in total. The molecule has 5 heteroatoms. The Hall–Kier alpha value is -1.68. The van der Waals surface area contributed by atoms with Crippen molar-refractivity contribution in [3.05, 3.63) is 58.7 Å². The number of halogens is 4. The van der Waals surface area contributed by atoms with Crippen LogP contribution in [0.2, 0.25) is 0 Å². The van der Waals surface area contributed by atoms with Gasteiger partial charge in [-0.3, -0.25) is 0 Å². The predicted octanol–water partition coefficient (Wildman–Crippen LogP) is 5.85. The molecule has 0 aliphatic carbocycles. The fraction of sp³-hybridized carbons (Fsp3) is 0.250. The highest BCUT2D eigenvalue weighted by atomic mass is 35.5. The maximum absolute atomic E-state index is 13.1. The summed E-state index contributed by atoms with van der Waals surface area (Å²) in [6, 6.07) is 9.17. The van der Waals surface area contributed by atoms with Gasteiger partial charge in [0.25, 0.3) is 0 Å². The van der Waals surface area contributed by atoms with Crippen molar-refractivity contribution in [2.75, 3.05) is 0 Å². The normalized spacial score (nSPS) is 11.5. The van der Waals surface area contributed by atoms with Gasteiger partial charge < -0.3 is 4.74 Å². The molecular formula is C16H14ClF3O. The Morgan fingerprint density at radius 1 is 1.00 bits per heavy atom. The van der Waals surface area contributed by atoms with E-state index in [0.717, 1.165) is 17.2 Å². The predicted molar refractivity (Wildman–Crippen MR) is 77.0 cm³/mol. The number of ether oxygens (including phenoxy) is 1. The summed E-state index contributed by atoms with van der Waals surface area (Å²) in [6.45, 7) is 3.72. The van der Waals surface area contributed by atoms with Crippen molar-refractivity contribution in [1.29, 1.82) is 0 Å². The van der Waals surface area contributed by atoms with Crippen molar-refractivity contribution in [2.45, 2.75) is 25.9 Å². The third-order valence-electron chi connectivity index (χ3n) is 2.93. The van der Waals surface area contributed by atoms with Crippen LogP contribution in [0.4, 0.5) is 13.2 Å². The van der Waals surface area contributed by atoms with Crippen molar-refractivity contribution in [1.82, 2.24) is 0 Å². The molecule has 112 valence electrons. The fourth-order valence-electron chi connectivity index (χ4n) is 2.09. The van der Waals surface area contributed by atoms with Gasteiger partial charge in [0.15, 0.2) is 0 Å². The third kappa shape index (κ3) is 3.91. The molecular weight excluding hydrogens is 301 g/mol. The molecule has 0 heterocycles. The molecule has 0 fully saturated rings. The van der Waals surface area contributed by atoms with E-state index in [0.29, 0.717) is 11.3 Å². The number of hydrogen-bond donors (Lipinski definition) is 0. The highest BCUT2D eigenvalue weighted by molar-refractivity contribution is 6.17. The average Bonchev–Trinajstić information content (AvgIpc) is 2.36. The Labute approximate surface area is 126 Å². The molecule has 0 atom stereocenters. The van der Waals surface area contributed by atoms with Gasteiger partial charge in [0.1, 0.15) is 11.5 Å². The summed E-state index contributed by atoms with van der Waals surface area (Å²) in [6.07, 6.45) is -4.49. The van der Waals surface area contributed by atoms with Crippen molar-refractivity contribution in [2.24, 2.45) is 0 Å². The van der Waals surface area contributed by atoms with Crippen LogP contribution in [-0.2, 0) is 12.1 Å². The van der Waals surface area contributed by atoms with Gasteiger partial charge >= 0.3 is 6.18 Å². The van der Waals surface area contributed by atoms with E-state index >= 15 is 0 Å². The topological polar surface area (TPSA) is 9.23 Å². The molecule has 0 N–H and O–H groups in total. The second-order valence-corrected chi connectivity index (χ2v) is 5.15. The van der Waals surface area contributed by atoms with E-state index in [1.165, 1.54) is 12.1 Å². The van der Waals surface area contributed by atoms with Gasteiger partial charge in [-0.05, 0) is 54.8 Å². The molecule has 0 bridgehead atoms. The maximum Gasteiger partial charge on any atom is 0.419 e. The Morgan fingerprint density at radius 3 is 2.14 bits per heavy atom. The van der Waals surface area contributed by atoms with E-state index in [4.69, 9.17) is 16.3 Å². The second-order valence-electron chi connectivity index (χ2n) is 4.89. The third-order valence-corrected chi connectivity index (χ3v) is 3.24. The summed E-state index contributed by atoms with van der Waals surface area (Å²) in [5.41, 5.74) is 1.43. The first kappa shape index (κ1) is 15.7. The zero-order valence-corrected chi connectivity index (χ0v) is 12.3. The summed E-state index contributed by atoms with van der Waals surface area (Å²) in [5, 5.41) is 0. The molecule has 2 aromatic carbocycles. The molecule has 2 aromatic rings. The summed E-state index contributed by atoms with van der Waals surface area (Å²) < 4.78 is 44.7. The Bertz CT molecular complexity index is 630. The van der Waals surface area contributed by atoms with E-state index in [1.54, 1.807) is 12.1 Å². The van der Waals surface area contributed by atoms with Crippen LogP contribution in [0.5, 0.6) is 11.5 Å². The maximum atomic E-state index is 13.1. The fourth-order valence-corrected chi connectivity index (χ4v) is 2.26. The van der Waals surface area contributed by atoms with E-state index < -0.39 is 11.7 Å². The lowest BCUT2D eigenvalue weighted by Crippen LogP contribution is -2.08. The molecule has 0 saturated carbocycles. The molecule has 0 aromatic heterocycles. The lowest BCUT2D eigenvalue weighted by atomic mass is 10.1. The standard InChI is InChI=1S/C16H14ClF3O/c1-10-5-11(2)7-13(6-10)21-15-4-3-12(9-17)8-14(15)16(18,19)20/h3-8H,9H2,1-2H3. The largest absolute Gasteiger partial charge is 0.457 e. The molecule has 0 spiro atoms. The van der Waals surface area contributed by atoms with Crippen molar-refractivity contribution in [3.63, 3.8) is 0 Å². The molecule has 0 unspecified atom stereocenters. The molecule has 2 rings (SSSR count). The van der Waals surface area contributed by atoms with E-state index in [9.17, 15) is 13.2 Å². The summed E-state index contributed by atoms with van der Waals surface area (Å²) >= 11 is 5.59. The van der Waals surface area contributed by atoms with Crippen LogP contribution in [0.3, 0.4) is 0 Å². The number of rotatable bonds is 3. The van der Waals surface area contributed by atoms with Crippen LogP contribution in [0.15, 0.2) is 36.4 Å². The first-order chi connectivity index (χ1) is 9.79. The van der Waals surface area contributed by atoms with Gasteiger partial charge in [0.05, 0.1) is 5.56 Å². The quantitative estimate of drug-likeness (QED) is 0.645. The lowest BCUT2D eigenvalue weighted by molar-refractivity contribution is -0.138. The molecule has 0 amide bonds. The van der Waals surface area contributed by atoms with Gasteiger partial charge in [-0.2, -0.15) is 13.2 Å². The molecule has 0 aliphatic rings. The van der Waals surface area contributed by atoms with Crippen LogP contribution in [-0.4, -0.2) is 0 Å². The van der Waals surface area contributed by atoms with Crippen molar-refractivity contribution < 1.29 is 17.9 Å². The van der Waals surface area contributed by atoms with Crippen LogP contribution in [0.1, 0.15) is 22.3 Å². The second kappa shape index (κ2) is 5.98. The monoisotopic (exact) mass is 314 g/mol. The van der Waals surface area contributed by atoms with Gasteiger partial charge in [-0.1, -0.05) is 12.1 Å². The molecule has 21 heavy (non-hydrogen) atoms. The highest BCUT2D eigenvalue weighted by Gasteiger charge is 2.34. The van der Waals surface area contributed by atoms with Gasteiger partial charge in [0, 0.05) is 5.88 Å². The van der Waals surface area contributed by atoms with Crippen molar-refractivity contribution >= 4 is 11.6 Å². The zero-order valence-electron chi connectivity index (χ0n) is 11.6. The van der Waals surface area contributed by atoms with Crippen LogP contribution >= 0.6 is 11.6 Å². The molecule has 0 aliphatic heterocycles. The zero-order chi connectivity index (χ0) is 15.6. The molecule has 0 saturated heterocycles. The number of benzene rings is 2. The Balaban J connectivity index is 2.43. The SMILES string of the molecule is Cc1cc(C)cc(Oc2ccc(CCl)cc2C(F)(F)F)c1. The van der Waals surface area contributed by atoms with E-state index in [-0.39, 0.29) is 11.6 Å². The highest BCUT2D eigenvalue weighted by Crippen LogP contribution is 2.39. The minimum absolute atomic E-state index is 0.0207. The summed E-state index contributed by atoms with van der Waals surface area (Å²) in [7, 11) is 0. The number of hydrogen-bond acceptors (Lipinski definition) is 1. The minimum Gasteiger partial charge on any atom is -0.457 e. The van der Waals surface area contributed by atoms with Gasteiger partial charge in [-0.25, -0.2) is 0 Å². The minimum atomic E-state index is -4.49. The number of alkyl halides is 4.